The number of benzene rings is 2. The minimum absolute atomic E-state index is 0.0234. The molecule has 4 rings (SSSR count). The molecule has 0 aliphatic carbocycles. The fourth-order valence-electron chi connectivity index (χ4n) is 5.11. The molecule has 37 heavy (non-hydrogen) atoms. The van der Waals surface area contributed by atoms with Gasteiger partial charge in [0.2, 0.25) is 0 Å². The number of aryl methyl sites for hydroxylation is 1. The van der Waals surface area contributed by atoms with Crippen LogP contribution in [0.15, 0.2) is 41.4 Å². The topological polar surface area (TPSA) is 65.8 Å². The number of piperidine rings is 1. The van der Waals surface area contributed by atoms with Crippen LogP contribution in [0.5, 0.6) is 5.75 Å². The molecule has 0 saturated carbocycles. The maximum atomic E-state index is 13.9. The zero-order chi connectivity index (χ0) is 26.6. The summed E-state index contributed by atoms with van der Waals surface area (Å²) in [5.74, 6) is -1.77. The molecule has 2 N–H and O–H groups in total. The molecule has 2 aromatic carbocycles. The largest absolute Gasteiger partial charge is 0.497 e. The van der Waals surface area contributed by atoms with Crippen LogP contribution >= 0.6 is 11.8 Å². The average Bonchev–Trinajstić information content (AvgIpc) is 2.90. The Morgan fingerprint density at radius 2 is 1.92 bits per heavy atom. The number of hydrogen-bond acceptors (Lipinski definition) is 6. The highest BCUT2D eigenvalue weighted by molar-refractivity contribution is 7.99. The van der Waals surface area contributed by atoms with Crippen molar-refractivity contribution in [1.82, 2.24) is 9.88 Å². The molecular formula is C28H33F3N2O3S. The first-order valence-electron chi connectivity index (χ1n) is 12.5. The summed E-state index contributed by atoms with van der Waals surface area (Å²) in [4.78, 5) is 6.67. The van der Waals surface area contributed by atoms with Crippen molar-refractivity contribution in [3.63, 3.8) is 0 Å². The Kier molecular flexibility index (Phi) is 9.00. The van der Waals surface area contributed by atoms with Crippen LogP contribution in [0.2, 0.25) is 0 Å². The van der Waals surface area contributed by atoms with Gasteiger partial charge in [0.05, 0.1) is 18.7 Å². The number of likely N-dealkylation sites (tertiary alicyclic amines) is 1. The molecule has 1 fully saturated rings. The molecule has 1 aliphatic rings. The molecule has 1 aromatic heterocycles. The second-order valence-corrected chi connectivity index (χ2v) is 11.0. The maximum absolute atomic E-state index is 13.9. The predicted molar refractivity (Wildman–Crippen MR) is 139 cm³/mol. The molecule has 3 aromatic rings. The zero-order valence-corrected chi connectivity index (χ0v) is 22.0. The molecule has 0 spiro atoms. The second kappa shape index (κ2) is 12.0. The standard InChI is InChI=1S/C28H33F3N2O3S/c1-18-16-32-23-4-3-20(36-2)15-21(23)26(18)24(35)5-6-28(17-34)7-9-33(10-8-28)11-12-37-25-14-19(29)13-22(30)27(25)31/h3-4,13-16,24,34-35H,5-12,17H2,1-2H3. The van der Waals surface area contributed by atoms with Gasteiger partial charge < -0.3 is 19.8 Å². The van der Waals surface area contributed by atoms with Gasteiger partial charge in [-0.3, -0.25) is 4.98 Å². The lowest BCUT2D eigenvalue weighted by Gasteiger charge is -2.41. The Morgan fingerprint density at radius 1 is 1.16 bits per heavy atom. The third kappa shape index (κ3) is 6.39. The summed E-state index contributed by atoms with van der Waals surface area (Å²) in [5.41, 5.74) is 2.27. The van der Waals surface area contributed by atoms with E-state index in [-0.39, 0.29) is 16.9 Å². The van der Waals surface area contributed by atoms with E-state index in [1.807, 2.05) is 25.1 Å². The highest BCUT2D eigenvalue weighted by atomic mass is 32.2. The molecule has 1 atom stereocenters. The van der Waals surface area contributed by atoms with E-state index in [9.17, 15) is 23.4 Å². The third-order valence-corrected chi connectivity index (χ3v) is 8.47. The van der Waals surface area contributed by atoms with Crippen LogP contribution in [0.25, 0.3) is 10.9 Å². The smallest absolute Gasteiger partial charge is 0.172 e. The highest BCUT2D eigenvalue weighted by Crippen LogP contribution is 2.40. The number of halogens is 3. The monoisotopic (exact) mass is 534 g/mol. The van der Waals surface area contributed by atoms with Crippen LogP contribution in [0.4, 0.5) is 13.2 Å². The van der Waals surface area contributed by atoms with Crippen LogP contribution in [0.1, 0.15) is 42.9 Å². The molecule has 1 unspecified atom stereocenters. The minimum atomic E-state index is -1.18. The van der Waals surface area contributed by atoms with Gasteiger partial charge in [-0.1, -0.05) is 0 Å². The van der Waals surface area contributed by atoms with Crippen LogP contribution in [0.3, 0.4) is 0 Å². The fraction of sp³-hybridized carbons (Fsp3) is 0.464. The summed E-state index contributed by atoms with van der Waals surface area (Å²) in [6.07, 6.45) is 3.81. The number of ether oxygens (including phenoxy) is 1. The number of aliphatic hydroxyl groups excluding tert-OH is 2. The first kappa shape index (κ1) is 27.7. The highest BCUT2D eigenvalue weighted by Gasteiger charge is 2.34. The number of aromatic nitrogens is 1. The number of hydrogen-bond donors (Lipinski definition) is 2. The van der Waals surface area contributed by atoms with Gasteiger partial charge >= 0.3 is 0 Å². The number of nitrogens with zero attached hydrogens (tertiary/aromatic N) is 2. The van der Waals surface area contributed by atoms with E-state index < -0.39 is 23.6 Å². The fourth-order valence-corrected chi connectivity index (χ4v) is 6.10. The average molecular weight is 535 g/mol. The quantitative estimate of drug-likeness (QED) is 0.259. The predicted octanol–water partition coefficient (Wildman–Crippen LogP) is 5.65. The van der Waals surface area contributed by atoms with Crippen LogP contribution in [-0.2, 0) is 0 Å². The molecular weight excluding hydrogens is 501 g/mol. The van der Waals surface area contributed by atoms with Crippen molar-refractivity contribution in [3.8, 4) is 5.75 Å². The summed E-state index contributed by atoms with van der Waals surface area (Å²) in [7, 11) is 1.61. The van der Waals surface area contributed by atoms with Crippen LogP contribution in [0, 0.1) is 29.8 Å². The van der Waals surface area contributed by atoms with Crippen molar-refractivity contribution in [2.45, 2.75) is 43.6 Å². The SMILES string of the molecule is COc1ccc2ncc(C)c(C(O)CCC3(CO)CCN(CCSc4cc(F)cc(F)c4F)CC3)c2c1. The molecule has 0 bridgehead atoms. The summed E-state index contributed by atoms with van der Waals surface area (Å²) in [6, 6.07) is 7.19. The van der Waals surface area contributed by atoms with Gasteiger partial charge in [-0.2, -0.15) is 0 Å². The number of pyridine rings is 1. The summed E-state index contributed by atoms with van der Waals surface area (Å²) < 4.78 is 46.1. The summed E-state index contributed by atoms with van der Waals surface area (Å²) in [5, 5.41) is 22.3. The van der Waals surface area contributed by atoms with E-state index in [1.165, 1.54) is 0 Å². The van der Waals surface area contributed by atoms with E-state index in [2.05, 4.69) is 9.88 Å². The summed E-state index contributed by atoms with van der Waals surface area (Å²) in [6.45, 7) is 4.14. The molecule has 0 amide bonds. The summed E-state index contributed by atoms with van der Waals surface area (Å²) >= 11 is 1.10. The lowest BCUT2D eigenvalue weighted by atomic mass is 9.74. The second-order valence-electron chi connectivity index (χ2n) is 9.84. The molecule has 9 heteroatoms. The zero-order valence-electron chi connectivity index (χ0n) is 21.1. The number of methoxy groups -OCH3 is 1. The first-order valence-corrected chi connectivity index (χ1v) is 13.5. The van der Waals surface area contributed by atoms with Crippen LogP contribution in [-0.4, -0.2) is 59.2 Å². The van der Waals surface area contributed by atoms with Crippen molar-refractivity contribution < 1.29 is 28.1 Å². The minimum Gasteiger partial charge on any atom is -0.497 e. The first-order chi connectivity index (χ1) is 17.7. The van der Waals surface area contributed by atoms with Gasteiger partial charge in [0, 0.05) is 41.4 Å². The van der Waals surface area contributed by atoms with Crippen molar-refractivity contribution in [3.05, 3.63) is 65.1 Å². The van der Waals surface area contributed by atoms with E-state index >= 15 is 0 Å². The molecule has 5 nitrogen and oxygen atoms in total. The Labute approximate surface area is 219 Å². The Balaban J connectivity index is 1.33. The van der Waals surface area contributed by atoms with Crippen molar-refractivity contribution in [1.29, 1.82) is 0 Å². The molecule has 2 heterocycles. The molecule has 200 valence electrons. The Hall–Kier alpha value is -2.33. The van der Waals surface area contributed by atoms with Crippen molar-refractivity contribution in [2.24, 2.45) is 5.41 Å². The molecule has 1 saturated heterocycles. The number of thioether (sulfide) groups is 1. The molecule has 1 aliphatic heterocycles. The normalized spacial score (nSPS) is 16.7. The Morgan fingerprint density at radius 3 is 2.62 bits per heavy atom. The van der Waals surface area contributed by atoms with Gasteiger partial charge in [-0.05, 0) is 86.5 Å². The van der Waals surface area contributed by atoms with Crippen molar-refractivity contribution in [2.75, 3.05) is 39.1 Å². The van der Waals surface area contributed by atoms with E-state index in [1.54, 1.807) is 13.3 Å². The van der Waals surface area contributed by atoms with Crippen molar-refractivity contribution >= 4 is 22.7 Å². The Bertz CT molecular complexity index is 1240. The van der Waals surface area contributed by atoms with Gasteiger partial charge in [0.25, 0.3) is 0 Å². The van der Waals surface area contributed by atoms with Gasteiger partial charge in [0.1, 0.15) is 11.6 Å². The van der Waals surface area contributed by atoms with E-state index in [4.69, 9.17) is 4.74 Å². The number of rotatable bonds is 10. The van der Waals surface area contributed by atoms with Gasteiger partial charge in [-0.25, -0.2) is 13.2 Å². The van der Waals surface area contributed by atoms with Gasteiger partial charge in [0.15, 0.2) is 11.6 Å². The van der Waals surface area contributed by atoms with E-state index in [0.29, 0.717) is 37.0 Å². The lowest BCUT2D eigenvalue weighted by Crippen LogP contribution is -2.43. The lowest BCUT2D eigenvalue weighted by molar-refractivity contribution is 0.0254. The maximum Gasteiger partial charge on any atom is 0.172 e. The number of aliphatic hydroxyl groups is 2. The van der Waals surface area contributed by atoms with Crippen LogP contribution < -0.4 is 4.74 Å². The van der Waals surface area contributed by atoms with E-state index in [0.717, 1.165) is 65.8 Å². The number of fused-ring (bicyclic) bond motifs is 1. The third-order valence-electron chi connectivity index (χ3n) is 7.47. The molecule has 0 radical (unpaired) electrons. The van der Waals surface area contributed by atoms with Gasteiger partial charge in [-0.15, -0.1) is 11.8 Å².